The summed E-state index contributed by atoms with van der Waals surface area (Å²) >= 11 is 0. The SMILES string of the molecule is NCCc1c[c-]ccc1.[Pd]. The maximum atomic E-state index is 5.35. The molecule has 1 aromatic rings. The van der Waals surface area contributed by atoms with E-state index in [9.17, 15) is 0 Å². The third-order valence-corrected chi connectivity index (χ3v) is 1.20. The molecule has 0 radical (unpaired) electrons. The summed E-state index contributed by atoms with van der Waals surface area (Å²) in [6.07, 6.45) is 0.956. The van der Waals surface area contributed by atoms with Crippen LogP contribution < -0.4 is 5.73 Å². The molecule has 0 fully saturated rings. The van der Waals surface area contributed by atoms with Crippen molar-refractivity contribution in [2.75, 3.05) is 6.54 Å². The minimum atomic E-state index is 0. The molecule has 58 valence electrons. The standard InChI is InChI=1S/C8H10N.Pd/c9-7-6-8-4-2-1-3-5-8;/h1-2,4-5H,6-7,9H2;/q-1;. The minimum absolute atomic E-state index is 0. The van der Waals surface area contributed by atoms with E-state index in [1.54, 1.807) is 0 Å². The Bertz CT molecular complexity index is 162. The quantitative estimate of drug-likeness (QED) is 0.591. The fraction of sp³-hybridized carbons (Fsp3) is 0.250. The van der Waals surface area contributed by atoms with Gasteiger partial charge in [0.25, 0.3) is 0 Å². The molecule has 0 aliphatic carbocycles. The Morgan fingerprint density at radius 3 is 2.80 bits per heavy atom. The Kier molecular flexibility index (Phi) is 5.53. The first-order valence-electron chi connectivity index (χ1n) is 3.08. The van der Waals surface area contributed by atoms with Crippen molar-refractivity contribution in [3.63, 3.8) is 0 Å². The summed E-state index contributed by atoms with van der Waals surface area (Å²) in [4.78, 5) is 0. The predicted octanol–water partition coefficient (Wildman–Crippen LogP) is 0.985. The zero-order chi connectivity index (χ0) is 6.53. The van der Waals surface area contributed by atoms with Crippen LogP contribution in [0.1, 0.15) is 5.56 Å². The summed E-state index contributed by atoms with van der Waals surface area (Å²) in [7, 11) is 0. The van der Waals surface area contributed by atoms with Gasteiger partial charge in [0.1, 0.15) is 0 Å². The maximum Gasteiger partial charge on any atom is 0 e. The van der Waals surface area contributed by atoms with Crippen LogP contribution >= 0.6 is 0 Å². The molecule has 2 heteroatoms. The third-order valence-electron chi connectivity index (χ3n) is 1.20. The Hall–Kier alpha value is -0.158. The maximum absolute atomic E-state index is 5.35. The van der Waals surface area contributed by atoms with Crippen LogP contribution in [-0.4, -0.2) is 6.54 Å². The first-order valence-corrected chi connectivity index (χ1v) is 3.08. The summed E-state index contributed by atoms with van der Waals surface area (Å²) in [6.45, 7) is 0.720. The van der Waals surface area contributed by atoms with Crippen LogP contribution in [0.25, 0.3) is 0 Å². The molecule has 0 aliphatic rings. The third kappa shape index (κ3) is 3.12. The van der Waals surface area contributed by atoms with E-state index in [2.05, 4.69) is 12.1 Å². The number of nitrogens with two attached hydrogens (primary N) is 1. The van der Waals surface area contributed by atoms with Gasteiger partial charge in [0, 0.05) is 20.4 Å². The van der Waals surface area contributed by atoms with Crippen molar-refractivity contribution in [3.05, 3.63) is 35.9 Å². The van der Waals surface area contributed by atoms with Crippen LogP contribution in [0, 0.1) is 6.07 Å². The van der Waals surface area contributed by atoms with Crippen LogP contribution in [-0.2, 0) is 26.8 Å². The molecule has 1 nitrogen and oxygen atoms in total. The van der Waals surface area contributed by atoms with E-state index in [1.807, 2.05) is 18.2 Å². The fourth-order valence-corrected chi connectivity index (χ4v) is 0.753. The van der Waals surface area contributed by atoms with Crippen LogP contribution in [0.5, 0.6) is 0 Å². The molecule has 0 aromatic heterocycles. The van der Waals surface area contributed by atoms with Gasteiger partial charge in [-0.2, -0.15) is 35.9 Å². The molecule has 0 spiro atoms. The fourth-order valence-electron chi connectivity index (χ4n) is 0.753. The monoisotopic (exact) mass is 226 g/mol. The smallest absolute Gasteiger partial charge is 0 e. The largest absolute Gasteiger partial charge is 0.331 e. The number of benzene rings is 1. The number of rotatable bonds is 2. The molecule has 0 bridgehead atoms. The van der Waals surface area contributed by atoms with Crippen molar-refractivity contribution in [2.24, 2.45) is 5.73 Å². The molecular weight excluding hydrogens is 217 g/mol. The van der Waals surface area contributed by atoms with Gasteiger partial charge in [-0.15, -0.1) is 0 Å². The van der Waals surface area contributed by atoms with E-state index in [0.29, 0.717) is 0 Å². The van der Waals surface area contributed by atoms with Crippen molar-refractivity contribution in [1.29, 1.82) is 0 Å². The molecule has 10 heavy (non-hydrogen) atoms. The molecule has 0 unspecified atom stereocenters. The molecule has 0 aliphatic heterocycles. The first-order chi connectivity index (χ1) is 4.43. The van der Waals surface area contributed by atoms with Crippen LogP contribution in [0.15, 0.2) is 24.3 Å². The van der Waals surface area contributed by atoms with Crippen LogP contribution in [0.3, 0.4) is 0 Å². The molecule has 0 saturated carbocycles. The summed E-state index contributed by atoms with van der Waals surface area (Å²) in [5.74, 6) is 0. The summed E-state index contributed by atoms with van der Waals surface area (Å²) in [5, 5.41) is 0. The second kappa shape index (κ2) is 5.61. The predicted molar refractivity (Wildman–Crippen MR) is 38.0 cm³/mol. The van der Waals surface area contributed by atoms with Gasteiger partial charge in [-0.25, -0.2) is 0 Å². The second-order valence-corrected chi connectivity index (χ2v) is 1.95. The average molecular weight is 227 g/mol. The Labute approximate surface area is 75.3 Å². The van der Waals surface area contributed by atoms with Crippen molar-refractivity contribution in [3.8, 4) is 0 Å². The molecule has 1 rings (SSSR count). The molecule has 1 aromatic carbocycles. The van der Waals surface area contributed by atoms with Crippen molar-refractivity contribution < 1.29 is 20.4 Å². The zero-order valence-electron chi connectivity index (χ0n) is 5.62. The number of hydrogen-bond acceptors (Lipinski definition) is 1. The van der Waals surface area contributed by atoms with Crippen LogP contribution in [0.2, 0.25) is 0 Å². The summed E-state index contributed by atoms with van der Waals surface area (Å²) in [5.41, 5.74) is 6.61. The number of hydrogen-bond donors (Lipinski definition) is 1. The van der Waals surface area contributed by atoms with E-state index in [0.717, 1.165) is 13.0 Å². The minimum Gasteiger partial charge on any atom is -0.331 e. The molecular formula is C8H10NPd-. The molecule has 0 saturated heterocycles. The van der Waals surface area contributed by atoms with Gasteiger partial charge < -0.3 is 5.73 Å². The van der Waals surface area contributed by atoms with E-state index in [4.69, 9.17) is 5.73 Å². The van der Waals surface area contributed by atoms with Gasteiger partial charge >= 0.3 is 0 Å². The van der Waals surface area contributed by atoms with Gasteiger partial charge in [0.05, 0.1) is 0 Å². The Morgan fingerprint density at radius 2 is 2.30 bits per heavy atom. The van der Waals surface area contributed by atoms with Crippen LogP contribution in [0.4, 0.5) is 0 Å². The molecule has 0 amide bonds. The first kappa shape index (κ1) is 9.84. The van der Waals surface area contributed by atoms with E-state index < -0.39 is 0 Å². The van der Waals surface area contributed by atoms with E-state index >= 15 is 0 Å². The topological polar surface area (TPSA) is 26.0 Å². The van der Waals surface area contributed by atoms with Gasteiger partial charge in [-0.05, 0) is 6.54 Å². The molecule has 0 heterocycles. The van der Waals surface area contributed by atoms with Crippen molar-refractivity contribution >= 4 is 0 Å². The van der Waals surface area contributed by atoms with Crippen molar-refractivity contribution in [1.82, 2.24) is 0 Å². The summed E-state index contributed by atoms with van der Waals surface area (Å²) < 4.78 is 0. The zero-order valence-corrected chi connectivity index (χ0v) is 7.17. The van der Waals surface area contributed by atoms with Gasteiger partial charge in [0.15, 0.2) is 0 Å². The van der Waals surface area contributed by atoms with Crippen molar-refractivity contribution in [2.45, 2.75) is 6.42 Å². The molecule has 0 atom stereocenters. The Balaban J connectivity index is 0.000000810. The normalized spacial score (nSPS) is 8.50. The molecule has 2 N–H and O–H groups in total. The van der Waals surface area contributed by atoms with Gasteiger partial charge in [-0.1, -0.05) is 6.42 Å². The average Bonchev–Trinajstić information content (AvgIpc) is 1.91. The van der Waals surface area contributed by atoms with E-state index in [-0.39, 0.29) is 20.4 Å². The second-order valence-electron chi connectivity index (χ2n) is 1.95. The van der Waals surface area contributed by atoms with Gasteiger partial charge in [0.2, 0.25) is 0 Å². The van der Waals surface area contributed by atoms with E-state index in [1.165, 1.54) is 5.56 Å². The van der Waals surface area contributed by atoms with Gasteiger partial charge in [-0.3, -0.25) is 0 Å². The summed E-state index contributed by atoms with van der Waals surface area (Å²) in [6, 6.07) is 10.9. The Morgan fingerprint density at radius 1 is 1.50 bits per heavy atom.